The van der Waals surface area contributed by atoms with Gasteiger partial charge in [-0.15, -0.1) is 0 Å². The first-order chi connectivity index (χ1) is 17.2. The Kier molecular flexibility index (Phi) is 6.64. The van der Waals surface area contributed by atoms with Crippen molar-refractivity contribution in [3.05, 3.63) is 89.5 Å². The van der Waals surface area contributed by atoms with Gasteiger partial charge in [0.05, 0.1) is 18.1 Å². The topological polar surface area (TPSA) is 70.8 Å². The van der Waals surface area contributed by atoms with Gasteiger partial charge in [-0.3, -0.25) is 10.2 Å². The van der Waals surface area contributed by atoms with E-state index in [2.05, 4.69) is 39.3 Å². The van der Waals surface area contributed by atoms with Gasteiger partial charge < -0.3 is 14.2 Å². The third kappa shape index (κ3) is 5.29. The number of carbonyl (C=O) groups excluding carboxylic acids is 1. The molecule has 1 aliphatic heterocycles. The molecule has 0 spiro atoms. The second-order valence-electron chi connectivity index (χ2n) is 8.37. The summed E-state index contributed by atoms with van der Waals surface area (Å²) in [5.41, 5.74) is 3.69. The summed E-state index contributed by atoms with van der Waals surface area (Å²) in [6.45, 7) is 3.70. The Hall–Kier alpha value is -4.28. The third-order valence-corrected chi connectivity index (χ3v) is 6.04. The van der Waals surface area contributed by atoms with E-state index in [9.17, 15) is 4.79 Å². The van der Waals surface area contributed by atoms with Gasteiger partial charge >= 0.3 is 6.03 Å². The van der Waals surface area contributed by atoms with Crippen molar-refractivity contribution in [2.24, 2.45) is 0 Å². The summed E-state index contributed by atoms with van der Waals surface area (Å²) in [7, 11) is 1.65. The number of piperazine rings is 1. The standard InChI is InChI=1S/C28H26N4O3/c1-34-25-11-4-2-9-23(25)14-13-21-7-6-8-22(19-21)20-31-15-17-32(18-16-31)28(33)29-27-24-10-3-5-12-26(24)35-30-27/h2-12,19H,15-18,20H2,1H3,(H,29,30,33). The van der Waals surface area contributed by atoms with Gasteiger partial charge in [-0.1, -0.05) is 53.4 Å². The molecule has 0 aliphatic carbocycles. The Morgan fingerprint density at radius 1 is 1.00 bits per heavy atom. The van der Waals surface area contributed by atoms with Crippen LogP contribution in [0.1, 0.15) is 16.7 Å². The maximum Gasteiger partial charge on any atom is 0.323 e. The molecular formula is C28H26N4O3. The summed E-state index contributed by atoms with van der Waals surface area (Å²) in [5, 5.41) is 7.67. The number of aromatic nitrogens is 1. The monoisotopic (exact) mass is 466 g/mol. The van der Waals surface area contributed by atoms with Crippen LogP contribution in [-0.2, 0) is 6.54 Å². The zero-order valence-corrected chi connectivity index (χ0v) is 19.5. The molecule has 176 valence electrons. The molecule has 3 aromatic carbocycles. The van der Waals surface area contributed by atoms with Crippen LogP contribution in [-0.4, -0.2) is 54.3 Å². The normalized spacial score (nSPS) is 13.8. The van der Waals surface area contributed by atoms with Gasteiger partial charge in [0.2, 0.25) is 0 Å². The highest BCUT2D eigenvalue weighted by atomic mass is 16.5. The number of benzene rings is 3. The van der Waals surface area contributed by atoms with Crippen molar-refractivity contribution in [2.45, 2.75) is 6.54 Å². The number of hydrogen-bond acceptors (Lipinski definition) is 5. The molecule has 7 heteroatoms. The molecule has 0 atom stereocenters. The van der Waals surface area contributed by atoms with E-state index in [1.165, 1.54) is 5.56 Å². The van der Waals surface area contributed by atoms with Gasteiger partial charge in [-0.2, -0.15) is 0 Å². The molecule has 1 aromatic heterocycles. The number of ether oxygens (including phenoxy) is 1. The van der Waals surface area contributed by atoms with Crippen LogP contribution in [0, 0.1) is 11.8 Å². The molecule has 7 nitrogen and oxygen atoms in total. The number of para-hydroxylation sites is 2. The molecule has 2 amide bonds. The molecule has 1 saturated heterocycles. The number of hydrogen-bond donors (Lipinski definition) is 1. The highest BCUT2D eigenvalue weighted by Gasteiger charge is 2.22. The van der Waals surface area contributed by atoms with Crippen molar-refractivity contribution in [3.63, 3.8) is 0 Å². The molecule has 1 N–H and O–H groups in total. The quantitative estimate of drug-likeness (QED) is 0.446. The van der Waals surface area contributed by atoms with Crippen LogP contribution in [0.25, 0.3) is 11.0 Å². The Bertz CT molecular complexity index is 1390. The SMILES string of the molecule is COc1ccccc1C#Cc1cccc(CN2CCN(C(=O)Nc3noc4ccccc34)CC2)c1. The Morgan fingerprint density at radius 2 is 1.80 bits per heavy atom. The molecule has 2 heterocycles. The summed E-state index contributed by atoms with van der Waals surface area (Å²) in [6.07, 6.45) is 0. The predicted octanol–water partition coefficient (Wildman–Crippen LogP) is 4.59. The molecule has 5 rings (SSSR count). The molecule has 0 bridgehead atoms. The summed E-state index contributed by atoms with van der Waals surface area (Å²) in [5.74, 6) is 7.68. The van der Waals surface area contributed by atoms with Crippen molar-refractivity contribution in [1.29, 1.82) is 0 Å². The number of urea groups is 1. The first-order valence-electron chi connectivity index (χ1n) is 11.6. The maximum atomic E-state index is 12.7. The summed E-state index contributed by atoms with van der Waals surface area (Å²) < 4.78 is 10.7. The summed E-state index contributed by atoms with van der Waals surface area (Å²) >= 11 is 0. The average Bonchev–Trinajstić information content (AvgIpc) is 3.31. The number of fused-ring (bicyclic) bond motifs is 1. The number of methoxy groups -OCH3 is 1. The van der Waals surface area contributed by atoms with Crippen molar-refractivity contribution < 1.29 is 14.1 Å². The van der Waals surface area contributed by atoms with E-state index in [-0.39, 0.29) is 6.03 Å². The number of rotatable bonds is 4. The van der Waals surface area contributed by atoms with Crippen LogP contribution in [0.2, 0.25) is 0 Å². The van der Waals surface area contributed by atoms with Crippen molar-refractivity contribution in [3.8, 4) is 17.6 Å². The number of anilines is 1. The summed E-state index contributed by atoms with van der Waals surface area (Å²) in [6, 6.07) is 23.4. The lowest BCUT2D eigenvalue weighted by Crippen LogP contribution is -2.49. The number of amides is 2. The van der Waals surface area contributed by atoms with Crippen LogP contribution in [0.5, 0.6) is 5.75 Å². The maximum absolute atomic E-state index is 12.7. The van der Waals surface area contributed by atoms with E-state index in [0.29, 0.717) is 24.5 Å². The van der Waals surface area contributed by atoms with E-state index < -0.39 is 0 Å². The van der Waals surface area contributed by atoms with Crippen LogP contribution in [0.3, 0.4) is 0 Å². The second kappa shape index (κ2) is 10.3. The fourth-order valence-electron chi connectivity index (χ4n) is 4.16. The van der Waals surface area contributed by atoms with E-state index in [4.69, 9.17) is 9.26 Å². The third-order valence-electron chi connectivity index (χ3n) is 6.04. The minimum Gasteiger partial charge on any atom is -0.495 e. The lowest BCUT2D eigenvalue weighted by atomic mass is 10.1. The van der Waals surface area contributed by atoms with Crippen molar-refractivity contribution in [1.82, 2.24) is 15.0 Å². The predicted molar refractivity (Wildman–Crippen MR) is 135 cm³/mol. The van der Waals surface area contributed by atoms with Crippen molar-refractivity contribution >= 4 is 22.8 Å². The Morgan fingerprint density at radius 3 is 2.66 bits per heavy atom. The molecule has 1 aliphatic rings. The van der Waals surface area contributed by atoms with E-state index in [0.717, 1.165) is 41.9 Å². The van der Waals surface area contributed by atoms with Crippen molar-refractivity contribution in [2.75, 3.05) is 38.6 Å². The molecule has 0 radical (unpaired) electrons. The lowest BCUT2D eigenvalue weighted by molar-refractivity contribution is 0.143. The first kappa shape index (κ1) is 22.5. The first-order valence-corrected chi connectivity index (χ1v) is 11.6. The van der Waals surface area contributed by atoms with E-state index >= 15 is 0 Å². The molecule has 4 aromatic rings. The van der Waals surface area contributed by atoms with E-state index in [1.54, 1.807) is 7.11 Å². The highest BCUT2D eigenvalue weighted by Crippen LogP contribution is 2.22. The van der Waals surface area contributed by atoms with Gasteiger partial charge in [0.15, 0.2) is 11.4 Å². The second-order valence-corrected chi connectivity index (χ2v) is 8.37. The van der Waals surface area contributed by atoms with Crippen LogP contribution in [0.4, 0.5) is 10.6 Å². The van der Waals surface area contributed by atoms with Crippen LogP contribution >= 0.6 is 0 Å². The van der Waals surface area contributed by atoms with Gasteiger partial charge in [0.1, 0.15) is 5.75 Å². The smallest absolute Gasteiger partial charge is 0.323 e. The largest absolute Gasteiger partial charge is 0.495 e. The van der Waals surface area contributed by atoms with Gasteiger partial charge in [-0.25, -0.2) is 4.79 Å². The fraction of sp³-hybridized carbons (Fsp3) is 0.214. The minimum atomic E-state index is -0.155. The molecule has 35 heavy (non-hydrogen) atoms. The average molecular weight is 467 g/mol. The van der Waals surface area contributed by atoms with Crippen LogP contribution < -0.4 is 10.1 Å². The highest BCUT2D eigenvalue weighted by molar-refractivity contribution is 5.98. The number of nitrogens with one attached hydrogen (secondary N) is 1. The number of nitrogens with zero attached hydrogens (tertiary/aromatic N) is 3. The van der Waals surface area contributed by atoms with E-state index in [1.807, 2.05) is 65.6 Å². The molecule has 0 saturated carbocycles. The summed E-state index contributed by atoms with van der Waals surface area (Å²) in [4.78, 5) is 16.9. The fourth-order valence-corrected chi connectivity index (χ4v) is 4.16. The lowest BCUT2D eigenvalue weighted by Gasteiger charge is -2.34. The zero-order chi connectivity index (χ0) is 24.0. The molecule has 0 unspecified atom stereocenters. The van der Waals surface area contributed by atoms with Gasteiger partial charge in [0, 0.05) is 38.3 Å². The molecule has 1 fully saturated rings. The minimum absolute atomic E-state index is 0.155. The Labute approximate surface area is 204 Å². The molecular weight excluding hydrogens is 440 g/mol. The Balaban J connectivity index is 1.17. The number of carbonyl (C=O) groups is 1. The van der Waals surface area contributed by atoms with Gasteiger partial charge in [0.25, 0.3) is 0 Å². The van der Waals surface area contributed by atoms with Crippen LogP contribution in [0.15, 0.2) is 77.3 Å². The van der Waals surface area contributed by atoms with Gasteiger partial charge in [-0.05, 0) is 42.0 Å². The zero-order valence-electron chi connectivity index (χ0n) is 19.5.